The average Bonchev–Trinajstić information content (AvgIpc) is 2.45. The maximum absolute atomic E-state index is 8.49. The third-order valence-corrected chi connectivity index (χ3v) is 2.30. The molecule has 1 heterocycles. The molecule has 0 amide bonds. The smallest absolute Gasteiger partial charge is 0.359 e. The van der Waals surface area contributed by atoms with Gasteiger partial charge in [0.15, 0.2) is 11.5 Å². The van der Waals surface area contributed by atoms with Gasteiger partial charge in [-0.25, -0.2) is 23.1 Å². The first kappa shape index (κ1) is 17.2. The third-order valence-electron chi connectivity index (χ3n) is 2.30. The van der Waals surface area contributed by atoms with Gasteiger partial charge >= 0.3 is 12.0 Å². The van der Waals surface area contributed by atoms with Crippen LogP contribution in [0.5, 0.6) is 11.5 Å². The molecule has 0 bridgehead atoms. The summed E-state index contributed by atoms with van der Waals surface area (Å²) in [6.45, 7) is 0. The summed E-state index contributed by atoms with van der Waals surface area (Å²) in [4.78, 5) is 0. The number of hydrogen-bond acceptors (Lipinski definition) is 6. The molecule has 1 aromatic carbocycles. The fourth-order valence-electron chi connectivity index (χ4n) is 1.49. The van der Waals surface area contributed by atoms with Crippen LogP contribution in [0.15, 0.2) is 47.1 Å². The van der Waals surface area contributed by atoms with Crippen molar-refractivity contribution in [2.75, 3.05) is 14.2 Å². The Morgan fingerprint density at radius 2 is 1.52 bits per heavy atom. The highest BCUT2D eigenvalue weighted by molar-refractivity contribution is 5.62. The van der Waals surface area contributed by atoms with Crippen LogP contribution in [0.1, 0.15) is 0 Å². The molecule has 2 rings (SSSR count). The number of methoxy groups -OCH3 is 2. The summed E-state index contributed by atoms with van der Waals surface area (Å²) >= 11 is 0. The highest BCUT2D eigenvalue weighted by Gasteiger charge is 2.12. The number of benzene rings is 1. The molecule has 8 heteroatoms. The molecule has 0 saturated heterocycles. The molecule has 0 fully saturated rings. The number of ether oxygens (including phenoxy) is 2. The Bertz CT molecular complexity index is 548. The summed E-state index contributed by atoms with van der Waals surface area (Å²) in [5, 5.41) is 0. The maximum atomic E-state index is 8.49. The normalized spacial score (nSPS) is 10.4. The van der Waals surface area contributed by atoms with Crippen molar-refractivity contribution in [2.24, 2.45) is 0 Å². The predicted octanol–water partition coefficient (Wildman–Crippen LogP) is -1.51. The lowest BCUT2D eigenvalue weighted by molar-refractivity contribution is -2.00. The van der Waals surface area contributed by atoms with Gasteiger partial charge in [-0.05, 0) is 18.2 Å². The summed E-state index contributed by atoms with van der Waals surface area (Å²) in [6, 6.07) is 11.3. The van der Waals surface area contributed by atoms with Gasteiger partial charge in [0.05, 0.1) is 19.8 Å². The van der Waals surface area contributed by atoms with Gasteiger partial charge < -0.3 is 9.47 Å². The molecular weight excluding hydrogens is 304 g/mol. The van der Waals surface area contributed by atoms with Crippen molar-refractivity contribution in [1.82, 2.24) is 0 Å². The zero-order valence-corrected chi connectivity index (χ0v) is 12.0. The molecule has 0 spiro atoms. The Hall–Kier alpha value is -1.90. The largest absolute Gasteiger partial charge is 0.493 e. The van der Waals surface area contributed by atoms with Gasteiger partial charge in [-0.15, -0.1) is 10.2 Å². The van der Waals surface area contributed by atoms with Gasteiger partial charge in [0.2, 0.25) is 0 Å². The molecule has 1 aromatic heterocycles. The molecule has 0 radical (unpaired) electrons. The molecule has 2 aromatic rings. The number of rotatable bonds is 3. The summed E-state index contributed by atoms with van der Waals surface area (Å²) in [5.74, 6) is 2.20. The Kier molecular flexibility index (Phi) is 6.35. The van der Waals surface area contributed by atoms with E-state index in [-0.39, 0.29) is 0 Å². The first-order valence-electron chi connectivity index (χ1n) is 5.56. The standard InChI is InChI=1S/C13H13O3.ClHO4/c1-14-12-7-6-10(9-13(12)15-2)11-5-3-4-8-16-11;2-1(3,4)5/h3-9H,1-2H3;(H,2,3,4,5)/q+1;/p-1. The van der Waals surface area contributed by atoms with Crippen molar-refractivity contribution in [1.29, 1.82) is 0 Å². The number of halogens is 1. The summed E-state index contributed by atoms with van der Waals surface area (Å²) in [6.07, 6.45) is 1.64. The van der Waals surface area contributed by atoms with E-state index in [1.807, 2.05) is 36.4 Å². The van der Waals surface area contributed by atoms with E-state index in [2.05, 4.69) is 0 Å². The zero-order valence-electron chi connectivity index (χ0n) is 11.3. The van der Waals surface area contributed by atoms with Crippen molar-refractivity contribution in [3.8, 4) is 22.8 Å². The van der Waals surface area contributed by atoms with Gasteiger partial charge in [0, 0.05) is 18.2 Å². The molecule has 114 valence electrons. The zero-order chi connectivity index (χ0) is 15.9. The van der Waals surface area contributed by atoms with Gasteiger partial charge in [0.1, 0.15) is 0 Å². The summed E-state index contributed by atoms with van der Waals surface area (Å²) in [5.41, 5.74) is 0.957. The van der Waals surface area contributed by atoms with Crippen LogP contribution in [-0.4, -0.2) is 14.2 Å². The minimum absolute atomic E-state index is 0.694. The van der Waals surface area contributed by atoms with Crippen LogP contribution in [0.25, 0.3) is 11.3 Å². The van der Waals surface area contributed by atoms with Crippen LogP contribution in [-0.2, 0) is 0 Å². The first-order chi connectivity index (χ1) is 9.85. The Morgan fingerprint density at radius 1 is 0.905 bits per heavy atom. The van der Waals surface area contributed by atoms with E-state index in [4.69, 9.17) is 32.5 Å². The van der Waals surface area contributed by atoms with Crippen molar-refractivity contribution in [3.63, 3.8) is 0 Å². The lowest BCUT2D eigenvalue weighted by Crippen LogP contribution is -2.68. The number of hydrogen-bond donors (Lipinski definition) is 0. The van der Waals surface area contributed by atoms with E-state index in [9.17, 15) is 0 Å². The summed E-state index contributed by atoms with van der Waals surface area (Å²) < 4.78 is 49.8. The van der Waals surface area contributed by atoms with Gasteiger partial charge in [0.25, 0.3) is 0 Å². The minimum Gasteiger partial charge on any atom is -0.493 e. The quantitative estimate of drug-likeness (QED) is 0.631. The van der Waals surface area contributed by atoms with Crippen molar-refractivity contribution in [3.05, 3.63) is 42.7 Å². The Balaban J connectivity index is 0.000000383. The lowest BCUT2D eigenvalue weighted by Gasteiger charge is -2.17. The summed E-state index contributed by atoms with van der Waals surface area (Å²) in [7, 11) is -1.71. The lowest BCUT2D eigenvalue weighted by atomic mass is 10.1. The predicted molar refractivity (Wildman–Crippen MR) is 61.7 cm³/mol. The van der Waals surface area contributed by atoms with E-state index in [0.717, 1.165) is 11.3 Å². The van der Waals surface area contributed by atoms with Crippen molar-refractivity contribution < 1.29 is 42.8 Å². The average molecular weight is 317 g/mol. The van der Waals surface area contributed by atoms with Gasteiger partial charge in [-0.2, -0.15) is 0 Å². The van der Waals surface area contributed by atoms with Crippen LogP contribution in [0.4, 0.5) is 0 Å². The fourth-order valence-corrected chi connectivity index (χ4v) is 1.49. The molecule has 21 heavy (non-hydrogen) atoms. The molecule has 7 nitrogen and oxygen atoms in total. The topological polar surface area (TPSA) is 122 Å². The highest BCUT2D eigenvalue weighted by atomic mass is 35.7. The SMILES string of the molecule is COc1ccc(-c2cccc[o+]2)cc1OC.[O-][Cl+3]([O-])([O-])[O-]. The van der Waals surface area contributed by atoms with E-state index in [1.54, 1.807) is 20.5 Å². The first-order valence-corrected chi connectivity index (χ1v) is 6.79. The molecule has 0 N–H and O–H groups in total. The van der Waals surface area contributed by atoms with Crippen LogP contribution in [0.3, 0.4) is 0 Å². The van der Waals surface area contributed by atoms with E-state index >= 15 is 0 Å². The molecule has 0 aliphatic rings. The maximum Gasteiger partial charge on any atom is 0.359 e. The van der Waals surface area contributed by atoms with Crippen LogP contribution in [0.2, 0.25) is 0 Å². The minimum atomic E-state index is -4.94. The van der Waals surface area contributed by atoms with Crippen molar-refractivity contribution >= 4 is 0 Å². The van der Waals surface area contributed by atoms with Gasteiger partial charge in [-0.1, -0.05) is 0 Å². The van der Waals surface area contributed by atoms with Crippen molar-refractivity contribution in [2.45, 2.75) is 0 Å². The van der Waals surface area contributed by atoms with Crippen LogP contribution < -0.4 is 28.1 Å². The fraction of sp³-hybridized carbons (Fsp3) is 0.154. The van der Waals surface area contributed by atoms with E-state index in [1.165, 1.54) is 0 Å². The molecule has 0 unspecified atom stereocenters. The van der Waals surface area contributed by atoms with E-state index in [0.29, 0.717) is 11.5 Å². The second-order valence-electron chi connectivity index (χ2n) is 3.62. The Morgan fingerprint density at radius 3 is 2.00 bits per heavy atom. The molecule has 0 atom stereocenters. The highest BCUT2D eigenvalue weighted by Crippen LogP contribution is 2.31. The van der Waals surface area contributed by atoms with E-state index < -0.39 is 10.2 Å². The third kappa shape index (κ3) is 6.39. The van der Waals surface area contributed by atoms with Crippen LogP contribution in [0, 0.1) is 10.2 Å². The molecule has 0 aliphatic heterocycles. The Labute approximate surface area is 123 Å². The molecule has 0 saturated carbocycles. The second kappa shape index (κ2) is 7.77. The van der Waals surface area contributed by atoms with Crippen LogP contribution >= 0.6 is 0 Å². The van der Waals surface area contributed by atoms with Gasteiger partial charge in [-0.3, -0.25) is 0 Å². The molecular formula is C13H13ClO7. The molecule has 0 aliphatic carbocycles. The monoisotopic (exact) mass is 316 g/mol. The second-order valence-corrected chi connectivity index (χ2v) is 4.37.